The minimum Gasteiger partial charge on any atom is -0.481 e. The van der Waals surface area contributed by atoms with Crippen LogP contribution in [-0.2, 0) is 9.59 Å². The first-order valence-corrected chi connectivity index (χ1v) is 12.8. The molecule has 34 heavy (non-hydrogen) atoms. The number of carboxylic acids is 1. The molecule has 1 unspecified atom stereocenters. The highest BCUT2D eigenvalue weighted by Crippen LogP contribution is 2.52. The van der Waals surface area contributed by atoms with Gasteiger partial charge in [-0.25, -0.2) is 0 Å². The van der Waals surface area contributed by atoms with Crippen LogP contribution in [-0.4, -0.2) is 29.2 Å². The summed E-state index contributed by atoms with van der Waals surface area (Å²) in [6.45, 7) is 6.45. The van der Waals surface area contributed by atoms with Gasteiger partial charge in [0, 0.05) is 30.9 Å². The van der Waals surface area contributed by atoms with E-state index < -0.39 is 11.9 Å². The molecule has 1 aromatic heterocycles. The Bertz CT molecular complexity index is 1050. The third kappa shape index (κ3) is 5.48. The Kier molecular flexibility index (Phi) is 7.36. The summed E-state index contributed by atoms with van der Waals surface area (Å²) >= 11 is 6.37. The van der Waals surface area contributed by atoms with Crippen molar-refractivity contribution in [1.82, 2.24) is 5.16 Å². The van der Waals surface area contributed by atoms with Crippen molar-refractivity contribution in [3.05, 3.63) is 45.8 Å². The van der Waals surface area contributed by atoms with E-state index in [0.29, 0.717) is 34.2 Å². The number of carboxylic acid groups (broad SMARTS) is 1. The molecule has 2 fully saturated rings. The molecule has 0 spiro atoms. The van der Waals surface area contributed by atoms with Gasteiger partial charge >= 0.3 is 5.97 Å². The molecule has 0 saturated heterocycles. The monoisotopic (exact) mass is 486 g/mol. The largest absolute Gasteiger partial charge is 0.481 e. The number of hydrogen-bond donors (Lipinski definition) is 1. The van der Waals surface area contributed by atoms with E-state index in [9.17, 15) is 14.7 Å². The minimum absolute atomic E-state index is 0.0410. The zero-order valence-corrected chi connectivity index (χ0v) is 21.3. The Hall–Kier alpha value is -2.34. The lowest BCUT2D eigenvalue weighted by atomic mass is 9.69. The van der Waals surface area contributed by atoms with Gasteiger partial charge < -0.3 is 14.5 Å². The van der Waals surface area contributed by atoms with E-state index in [4.69, 9.17) is 16.1 Å². The van der Waals surface area contributed by atoms with Crippen LogP contribution in [0.2, 0.25) is 5.02 Å². The van der Waals surface area contributed by atoms with Crippen molar-refractivity contribution < 1.29 is 19.2 Å². The van der Waals surface area contributed by atoms with E-state index in [2.05, 4.69) is 19.0 Å². The van der Waals surface area contributed by atoms with Crippen molar-refractivity contribution in [2.45, 2.75) is 83.5 Å². The zero-order chi connectivity index (χ0) is 24.6. The van der Waals surface area contributed by atoms with Crippen LogP contribution in [0.3, 0.4) is 0 Å². The molecule has 6 nitrogen and oxygen atoms in total. The second-order valence-corrected chi connectivity index (χ2v) is 11.1. The highest BCUT2D eigenvalue weighted by atomic mass is 35.5. The van der Waals surface area contributed by atoms with Gasteiger partial charge in [-0.3, -0.25) is 9.59 Å². The number of carbonyl (C=O) groups is 2. The molecule has 1 aromatic carbocycles. The van der Waals surface area contributed by atoms with E-state index in [0.717, 1.165) is 48.5 Å². The van der Waals surface area contributed by atoms with Crippen molar-refractivity contribution in [3.63, 3.8) is 0 Å². The summed E-state index contributed by atoms with van der Waals surface area (Å²) < 4.78 is 5.89. The summed E-state index contributed by atoms with van der Waals surface area (Å²) in [5, 5.41) is 14.5. The molecule has 2 aromatic rings. The molecule has 0 radical (unpaired) electrons. The first kappa shape index (κ1) is 24.8. The second-order valence-electron chi connectivity index (χ2n) is 10.7. The highest BCUT2D eigenvalue weighted by molar-refractivity contribution is 6.33. The summed E-state index contributed by atoms with van der Waals surface area (Å²) in [6, 6.07) is 5.53. The molecule has 2 aliphatic carbocycles. The van der Waals surface area contributed by atoms with Crippen LogP contribution in [0.25, 0.3) is 0 Å². The number of carbonyl (C=O) groups excluding carboxylic acids is 1. The molecule has 1 amide bonds. The van der Waals surface area contributed by atoms with Crippen LogP contribution < -0.4 is 4.90 Å². The normalized spacial score (nSPS) is 20.8. The van der Waals surface area contributed by atoms with Crippen LogP contribution >= 0.6 is 11.6 Å². The molecular formula is C27H35ClN2O4. The van der Waals surface area contributed by atoms with Gasteiger partial charge in [0.15, 0.2) is 0 Å². The molecule has 2 aliphatic rings. The van der Waals surface area contributed by atoms with Gasteiger partial charge in [0.25, 0.3) is 0 Å². The lowest BCUT2D eigenvalue weighted by Gasteiger charge is -2.35. The van der Waals surface area contributed by atoms with Gasteiger partial charge in [-0.1, -0.05) is 36.7 Å². The van der Waals surface area contributed by atoms with Gasteiger partial charge in [0.2, 0.25) is 5.91 Å². The zero-order valence-electron chi connectivity index (χ0n) is 20.5. The predicted molar refractivity (Wildman–Crippen MR) is 133 cm³/mol. The van der Waals surface area contributed by atoms with Crippen LogP contribution in [0.1, 0.15) is 99.1 Å². The average molecular weight is 487 g/mol. The number of aliphatic carboxylic acids is 1. The van der Waals surface area contributed by atoms with E-state index in [1.54, 1.807) is 7.05 Å². The van der Waals surface area contributed by atoms with Crippen LogP contribution in [0, 0.1) is 18.8 Å². The molecular weight excluding hydrogens is 452 g/mol. The number of benzene rings is 1. The fraction of sp³-hybridized carbons (Fsp3) is 0.593. The van der Waals surface area contributed by atoms with Crippen molar-refractivity contribution >= 4 is 29.2 Å². The fourth-order valence-corrected chi connectivity index (χ4v) is 5.71. The molecule has 1 heterocycles. The summed E-state index contributed by atoms with van der Waals surface area (Å²) in [5.74, 6) is 1.40. The van der Waals surface area contributed by atoms with Gasteiger partial charge in [0.05, 0.1) is 22.8 Å². The number of amides is 1. The quantitative estimate of drug-likeness (QED) is 0.405. The van der Waals surface area contributed by atoms with Gasteiger partial charge in [-0.15, -0.1) is 0 Å². The maximum absolute atomic E-state index is 13.2. The van der Waals surface area contributed by atoms with Gasteiger partial charge in [-0.2, -0.15) is 0 Å². The Morgan fingerprint density at radius 2 is 1.91 bits per heavy atom. The van der Waals surface area contributed by atoms with Crippen molar-refractivity contribution in [3.8, 4) is 0 Å². The molecule has 2 saturated carbocycles. The Morgan fingerprint density at radius 3 is 2.50 bits per heavy atom. The summed E-state index contributed by atoms with van der Waals surface area (Å²) in [5.41, 5.74) is 3.38. The number of aromatic nitrogens is 1. The molecule has 184 valence electrons. The lowest BCUT2D eigenvalue weighted by Crippen LogP contribution is -2.29. The van der Waals surface area contributed by atoms with Crippen LogP contribution in [0.5, 0.6) is 0 Å². The second kappa shape index (κ2) is 10.1. The smallest absolute Gasteiger partial charge is 0.304 e. The number of aryl methyl sites for hydroxylation is 1. The molecule has 4 rings (SSSR count). The predicted octanol–water partition coefficient (Wildman–Crippen LogP) is 6.66. The summed E-state index contributed by atoms with van der Waals surface area (Å²) in [4.78, 5) is 26.5. The third-order valence-electron chi connectivity index (χ3n) is 7.25. The molecule has 1 N–H and O–H groups in total. The number of halogens is 1. The molecule has 1 atom stereocenters. The molecule has 7 heteroatoms. The maximum Gasteiger partial charge on any atom is 0.304 e. The average Bonchev–Trinajstić information content (AvgIpc) is 3.47. The number of anilines is 1. The summed E-state index contributed by atoms with van der Waals surface area (Å²) in [6.07, 6.45) is 5.44. The molecule has 0 aliphatic heterocycles. The van der Waals surface area contributed by atoms with Crippen molar-refractivity contribution in [2.75, 3.05) is 11.9 Å². The SMILES string of the molecule is Cc1ccc(N(C)C(=O)CC(CC(=O)O)c2noc(C3CC(CC(C)C)C3)c2C2CC2)c(Cl)c1. The number of nitrogens with zero attached hydrogens (tertiary/aromatic N) is 2. The van der Waals surface area contributed by atoms with Crippen LogP contribution in [0.15, 0.2) is 22.7 Å². The van der Waals surface area contributed by atoms with E-state index >= 15 is 0 Å². The fourth-order valence-electron chi connectivity index (χ4n) is 5.35. The maximum atomic E-state index is 13.2. The number of rotatable bonds is 10. The molecule has 0 bridgehead atoms. The van der Waals surface area contributed by atoms with Gasteiger partial charge in [-0.05, 0) is 74.5 Å². The number of hydrogen-bond acceptors (Lipinski definition) is 4. The van der Waals surface area contributed by atoms with E-state index in [-0.39, 0.29) is 18.7 Å². The standard InChI is InChI=1S/C27H35ClN2O4/c1-15(2)9-17-11-20(12-17)27-25(18-6-7-18)26(29-34-27)19(14-24(32)33)13-23(31)30(4)22-8-5-16(3)10-21(22)28/h5,8,10,15,17-20H,6-7,9,11-14H2,1-4H3,(H,32,33). The van der Waals surface area contributed by atoms with Crippen molar-refractivity contribution in [2.24, 2.45) is 11.8 Å². The first-order valence-electron chi connectivity index (χ1n) is 12.4. The lowest BCUT2D eigenvalue weighted by molar-refractivity contribution is -0.137. The Morgan fingerprint density at radius 1 is 1.21 bits per heavy atom. The van der Waals surface area contributed by atoms with Crippen LogP contribution in [0.4, 0.5) is 5.69 Å². The highest BCUT2D eigenvalue weighted by Gasteiger charge is 2.42. The van der Waals surface area contributed by atoms with E-state index in [1.807, 2.05) is 25.1 Å². The summed E-state index contributed by atoms with van der Waals surface area (Å²) in [7, 11) is 1.68. The first-order chi connectivity index (χ1) is 16.1. The minimum atomic E-state index is -0.944. The third-order valence-corrected chi connectivity index (χ3v) is 7.55. The van der Waals surface area contributed by atoms with E-state index in [1.165, 1.54) is 11.3 Å². The van der Waals surface area contributed by atoms with Crippen molar-refractivity contribution in [1.29, 1.82) is 0 Å². The Balaban J connectivity index is 1.55. The Labute approximate surface area is 206 Å². The van der Waals surface area contributed by atoms with Gasteiger partial charge in [0.1, 0.15) is 5.76 Å². The topological polar surface area (TPSA) is 83.6 Å².